The van der Waals surface area contributed by atoms with E-state index in [0.717, 1.165) is 12.0 Å². The Morgan fingerprint density at radius 1 is 1.23 bits per heavy atom. The number of thioether (sulfide) groups is 1. The molecule has 1 aliphatic heterocycles. The number of rotatable bonds is 4. The number of amidine groups is 1. The zero-order valence-corrected chi connectivity index (χ0v) is 12.5. The fraction of sp³-hybridized carbons (Fsp3) is 0.188. The molecule has 1 aromatic carbocycles. The van der Waals surface area contributed by atoms with Gasteiger partial charge in [0.1, 0.15) is 5.82 Å². The van der Waals surface area contributed by atoms with Gasteiger partial charge in [-0.2, -0.15) is 0 Å². The van der Waals surface area contributed by atoms with Crippen molar-refractivity contribution in [3.8, 4) is 0 Å². The summed E-state index contributed by atoms with van der Waals surface area (Å²) in [4.78, 5) is 20.4. The van der Waals surface area contributed by atoms with Crippen molar-refractivity contribution >= 4 is 28.7 Å². The molecule has 1 aromatic heterocycles. The lowest BCUT2D eigenvalue weighted by atomic mass is 10.1. The Labute approximate surface area is 131 Å². The van der Waals surface area contributed by atoms with E-state index in [9.17, 15) is 9.18 Å². The van der Waals surface area contributed by atoms with Gasteiger partial charge in [-0.3, -0.25) is 4.79 Å². The second-order valence-electron chi connectivity index (χ2n) is 4.87. The lowest BCUT2D eigenvalue weighted by Gasteiger charge is -2.05. The van der Waals surface area contributed by atoms with E-state index in [2.05, 4.69) is 15.3 Å². The van der Waals surface area contributed by atoms with Crippen LogP contribution in [0.1, 0.15) is 12.0 Å². The summed E-state index contributed by atoms with van der Waals surface area (Å²) < 4.78 is 12.9. The number of amides is 1. The number of aliphatic imine (C=N–C) groups is 1. The number of carbonyl (C=O) groups excluding carboxylic acids is 1. The van der Waals surface area contributed by atoms with Gasteiger partial charge in [-0.1, -0.05) is 30.0 Å². The van der Waals surface area contributed by atoms with E-state index in [1.54, 1.807) is 24.4 Å². The molecule has 0 radical (unpaired) electrons. The number of pyridine rings is 1. The summed E-state index contributed by atoms with van der Waals surface area (Å²) >= 11 is 1.41. The zero-order chi connectivity index (χ0) is 15.4. The van der Waals surface area contributed by atoms with Gasteiger partial charge in [0.25, 0.3) is 0 Å². The first-order chi connectivity index (χ1) is 10.7. The van der Waals surface area contributed by atoms with Crippen molar-refractivity contribution in [2.45, 2.75) is 18.1 Å². The topological polar surface area (TPSA) is 54.4 Å². The molecule has 6 heteroatoms. The molecular weight excluding hydrogens is 301 g/mol. The van der Waals surface area contributed by atoms with Crippen LogP contribution >= 0.6 is 11.8 Å². The third-order valence-corrected chi connectivity index (χ3v) is 4.40. The van der Waals surface area contributed by atoms with Crippen LogP contribution in [0, 0.1) is 5.82 Å². The molecule has 0 bridgehead atoms. The van der Waals surface area contributed by atoms with Crippen LogP contribution in [0.15, 0.2) is 53.7 Å². The summed E-state index contributed by atoms with van der Waals surface area (Å²) in [7, 11) is 0. The van der Waals surface area contributed by atoms with Gasteiger partial charge in [0.05, 0.1) is 5.25 Å². The van der Waals surface area contributed by atoms with Crippen LogP contribution in [0.5, 0.6) is 0 Å². The van der Waals surface area contributed by atoms with Crippen molar-refractivity contribution in [1.29, 1.82) is 0 Å². The van der Waals surface area contributed by atoms with E-state index in [4.69, 9.17) is 0 Å². The maximum Gasteiger partial charge on any atom is 0.239 e. The van der Waals surface area contributed by atoms with E-state index < -0.39 is 0 Å². The number of hydrogen-bond acceptors (Lipinski definition) is 4. The van der Waals surface area contributed by atoms with Crippen LogP contribution in [0.2, 0.25) is 0 Å². The van der Waals surface area contributed by atoms with Gasteiger partial charge in [-0.15, -0.1) is 0 Å². The van der Waals surface area contributed by atoms with Crippen molar-refractivity contribution < 1.29 is 9.18 Å². The monoisotopic (exact) mass is 315 g/mol. The largest absolute Gasteiger partial charge is 0.304 e. The fourth-order valence-electron chi connectivity index (χ4n) is 2.12. The highest BCUT2D eigenvalue weighted by molar-refractivity contribution is 8.15. The van der Waals surface area contributed by atoms with E-state index in [1.807, 2.05) is 12.1 Å². The summed E-state index contributed by atoms with van der Waals surface area (Å²) in [5.41, 5.74) is 1.02. The Morgan fingerprint density at radius 2 is 2.05 bits per heavy atom. The first kappa shape index (κ1) is 14.7. The summed E-state index contributed by atoms with van der Waals surface area (Å²) in [6, 6.07) is 11.8. The van der Waals surface area contributed by atoms with E-state index >= 15 is 0 Å². The van der Waals surface area contributed by atoms with Crippen LogP contribution in [-0.4, -0.2) is 21.3 Å². The summed E-state index contributed by atoms with van der Waals surface area (Å²) in [6.45, 7) is 0. The van der Waals surface area contributed by atoms with Gasteiger partial charge >= 0.3 is 0 Å². The van der Waals surface area contributed by atoms with Crippen LogP contribution in [0.4, 0.5) is 10.2 Å². The van der Waals surface area contributed by atoms with E-state index in [-0.39, 0.29) is 17.0 Å². The number of aromatic nitrogens is 1. The standard InChI is InChI=1S/C16H14FN3OS/c17-12-7-4-11(5-8-12)6-9-13-15(21)20-16(22-13)19-14-3-1-2-10-18-14/h1-5,7-8,10,13H,6,9H2,(H,18,19,20,21). The zero-order valence-electron chi connectivity index (χ0n) is 11.7. The van der Waals surface area contributed by atoms with Crippen LogP contribution in [0.25, 0.3) is 0 Å². The number of nitrogens with zero attached hydrogens (tertiary/aromatic N) is 2. The molecule has 0 saturated carbocycles. The normalized spacial score (nSPS) is 19.4. The highest BCUT2D eigenvalue weighted by Gasteiger charge is 2.29. The molecule has 3 rings (SSSR count). The maximum absolute atomic E-state index is 12.9. The molecule has 4 nitrogen and oxygen atoms in total. The average Bonchev–Trinajstić information content (AvgIpc) is 2.87. The molecule has 2 heterocycles. The molecule has 2 aromatic rings. The lowest BCUT2D eigenvalue weighted by Crippen LogP contribution is -2.25. The molecule has 1 N–H and O–H groups in total. The van der Waals surface area contributed by atoms with Crippen molar-refractivity contribution in [3.63, 3.8) is 0 Å². The molecule has 1 atom stereocenters. The van der Waals surface area contributed by atoms with Gasteiger partial charge in [0.15, 0.2) is 11.0 Å². The van der Waals surface area contributed by atoms with Crippen LogP contribution in [-0.2, 0) is 11.2 Å². The van der Waals surface area contributed by atoms with Gasteiger partial charge in [0.2, 0.25) is 5.91 Å². The Balaban J connectivity index is 1.60. The molecule has 0 aliphatic carbocycles. The van der Waals surface area contributed by atoms with Crippen molar-refractivity contribution in [3.05, 3.63) is 60.0 Å². The predicted molar refractivity (Wildman–Crippen MR) is 85.6 cm³/mol. The third-order valence-electron chi connectivity index (χ3n) is 3.25. The van der Waals surface area contributed by atoms with Crippen LogP contribution < -0.4 is 5.32 Å². The van der Waals surface area contributed by atoms with Gasteiger partial charge in [-0.25, -0.2) is 14.4 Å². The van der Waals surface area contributed by atoms with E-state index in [0.29, 0.717) is 17.4 Å². The SMILES string of the molecule is O=C1NC(=Nc2ccccn2)SC1CCc1ccc(F)cc1. The quantitative estimate of drug-likeness (QED) is 0.943. The first-order valence-electron chi connectivity index (χ1n) is 6.92. The summed E-state index contributed by atoms with van der Waals surface area (Å²) in [5.74, 6) is 0.285. The summed E-state index contributed by atoms with van der Waals surface area (Å²) in [5, 5.41) is 3.17. The molecular formula is C16H14FN3OS. The number of nitrogens with one attached hydrogen (secondary N) is 1. The second kappa shape index (κ2) is 6.70. The molecule has 1 unspecified atom stereocenters. The molecule has 22 heavy (non-hydrogen) atoms. The van der Waals surface area contributed by atoms with Crippen molar-refractivity contribution in [2.75, 3.05) is 0 Å². The minimum absolute atomic E-state index is 0.0400. The second-order valence-corrected chi connectivity index (χ2v) is 6.06. The Morgan fingerprint density at radius 3 is 2.77 bits per heavy atom. The van der Waals surface area contributed by atoms with Crippen molar-refractivity contribution in [1.82, 2.24) is 10.3 Å². The minimum atomic E-state index is -0.249. The molecule has 1 saturated heterocycles. The van der Waals surface area contributed by atoms with Crippen molar-refractivity contribution in [2.24, 2.45) is 4.99 Å². The molecule has 112 valence electrons. The number of hydrogen-bond donors (Lipinski definition) is 1. The number of benzene rings is 1. The smallest absolute Gasteiger partial charge is 0.239 e. The number of aryl methyl sites for hydroxylation is 1. The highest BCUT2D eigenvalue weighted by Crippen LogP contribution is 2.25. The molecule has 1 fully saturated rings. The average molecular weight is 315 g/mol. The molecule has 0 spiro atoms. The Bertz CT molecular complexity index is 688. The number of carbonyl (C=O) groups is 1. The molecule has 1 aliphatic rings. The Kier molecular flexibility index (Phi) is 4.48. The number of halogens is 1. The third kappa shape index (κ3) is 3.71. The van der Waals surface area contributed by atoms with Crippen LogP contribution in [0.3, 0.4) is 0 Å². The van der Waals surface area contributed by atoms with Gasteiger partial charge in [0, 0.05) is 6.20 Å². The minimum Gasteiger partial charge on any atom is -0.304 e. The highest BCUT2D eigenvalue weighted by atomic mass is 32.2. The first-order valence-corrected chi connectivity index (χ1v) is 7.80. The predicted octanol–water partition coefficient (Wildman–Crippen LogP) is 3.07. The molecule has 1 amide bonds. The van der Waals surface area contributed by atoms with Gasteiger partial charge < -0.3 is 5.32 Å². The maximum atomic E-state index is 12.9. The summed E-state index contributed by atoms with van der Waals surface area (Å²) in [6.07, 6.45) is 3.07. The van der Waals surface area contributed by atoms with Gasteiger partial charge in [-0.05, 0) is 42.7 Å². The van der Waals surface area contributed by atoms with E-state index in [1.165, 1.54) is 23.9 Å². The fourth-order valence-corrected chi connectivity index (χ4v) is 3.10. The Hall–Kier alpha value is -2.21. The lowest BCUT2D eigenvalue weighted by molar-refractivity contribution is -0.118.